The first kappa shape index (κ1) is 9.55. The molecule has 0 saturated carbocycles. The Bertz CT molecular complexity index is 237. The van der Waals surface area contributed by atoms with Crippen LogP contribution in [0.15, 0.2) is 24.3 Å². The highest BCUT2D eigenvalue weighted by Gasteiger charge is 2.38. The first-order chi connectivity index (χ1) is 5.07. The SMILES string of the molecule is O=C(Cl)C1(Cl)C=CC=CC1I. The van der Waals surface area contributed by atoms with Gasteiger partial charge in [-0.1, -0.05) is 46.9 Å². The molecule has 0 spiro atoms. The molecule has 0 aliphatic heterocycles. The Balaban J connectivity index is 2.94. The summed E-state index contributed by atoms with van der Waals surface area (Å²) in [6.45, 7) is 0. The Morgan fingerprint density at radius 1 is 1.55 bits per heavy atom. The highest BCUT2D eigenvalue weighted by Crippen LogP contribution is 2.33. The second-order valence-electron chi connectivity index (χ2n) is 2.19. The molecule has 0 aromatic carbocycles. The maximum atomic E-state index is 10.9. The van der Waals surface area contributed by atoms with Crippen LogP contribution >= 0.6 is 45.8 Å². The summed E-state index contributed by atoms with van der Waals surface area (Å²) in [6, 6.07) is 0. The molecule has 0 amide bonds. The molecule has 60 valence electrons. The average molecular weight is 303 g/mol. The molecule has 11 heavy (non-hydrogen) atoms. The van der Waals surface area contributed by atoms with Gasteiger partial charge >= 0.3 is 0 Å². The molecule has 0 aromatic heterocycles. The number of hydrogen-bond donors (Lipinski definition) is 0. The van der Waals surface area contributed by atoms with Gasteiger partial charge in [-0.25, -0.2) is 0 Å². The predicted octanol–water partition coefficient (Wildman–Crippen LogP) is 2.66. The lowest BCUT2D eigenvalue weighted by Crippen LogP contribution is -2.36. The van der Waals surface area contributed by atoms with Crippen LogP contribution < -0.4 is 0 Å². The van der Waals surface area contributed by atoms with E-state index in [4.69, 9.17) is 23.2 Å². The van der Waals surface area contributed by atoms with Crippen LogP contribution in [0.25, 0.3) is 0 Å². The highest BCUT2D eigenvalue weighted by molar-refractivity contribution is 14.1. The fraction of sp³-hybridized carbons (Fsp3) is 0.286. The molecule has 1 aliphatic rings. The van der Waals surface area contributed by atoms with E-state index < -0.39 is 10.1 Å². The summed E-state index contributed by atoms with van der Waals surface area (Å²) in [5, 5.41) is -0.529. The van der Waals surface area contributed by atoms with Crippen molar-refractivity contribution >= 4 is 51.0 Å². The molecular formula is C7H5Cl2IO. The Kier molecular flexibility index (Phi) is 3.00. The number of allylic oxidation sites excluding steroid dienone is 4. The summed E-state index contributed by atoms with van der Waals surface area (Å²) < 4.78 is -0.0724. The quantitative estimate of drug-likeness (QED) is 0.413. The fourth-order valence-corrected chi connectivity index (χ4v) is 2.00. The largest absolute Gasteiger partial charge is 0.279 e. The summed E-state index contributed by atoms with van der Waals surface area (Å²) in [7, 11) is 0. The number of halogens is 3. The molecule has 1 nitrogen and oxygen atoms in total. The van der Waals surface area contributed by atoms with E-state index >= 15 is 0 Å². The lowest BCUT2D eigenvalue weighted by molar-refractivity contribution is -0.112. The molecule has 0 fully saturated rings. The van der Waals surface area contributed by atoms with E-state index in [1.54, 1.807) is 12.2 Å². The van der Waals surface area contributed by atoms with Gasteiger partial charge in [-0.3, -0.25) is 4.79 Å². The average Bonchev–Trinajstić information content (AvgIpc) is 1.95. The number of alkyl halides is 2. The lowest BCUT2D eigenvalue weighted by atomic mass is 10.0. The van der Waals surface area contributed by atoms with Gasteiger partial charge in [-0.05, 0) is 11.6 Å². The van der Waals surface area contributed by atoms with Gasteiger partial charge in [0.25, 0.3) is 0 Å². The van der Waals surface area contributed by atoms with Crippen LogP contribution in [-0.4, -0.2) is 14.0 Å². The van der Waals surface area contributed by atoms with Gasteiger partial charge in [-0.15, -0.1) is 11.6 Å². The molecule has 0 saturated heterocycles. The number of hydrogen-bond acceptors (Lipinski definition) is 1. The Morgan fingerprint density at radius 2 is 2.18 bits per heavy atom. The molecule has 0 radical (unpaired) electrons. The molecular weight excluding hydrogens is 298 g/mol. The van der Waals surface area contributed by atoms with Crippen molar-refractivity contribution in [1.29, 1.82) is 0 Å². The van der Waals surface area contributed by atoms with E-state index in [2.05, 4.69) is 22.6 Å². The first-order valence-corrected chi connectivity index (χ1v) is 4.96. The topological polar surface area (TPSA) is 17.1 Å². The Hall–Kier alpha value is 0.460. The summed E-state index contributed by atoms with van der Waals surface area (Å²) in [4.78, 5) is 9.83. The second-order valence-corrected chi connectivity index (χ2v) is 4.50. The molecule has 2 atom stereocenters. The number of carbonyl (C=O) groups excluding carboxylic acids is 1. The minimum Gasteiger partial charge on any atom is -0.279 e. The van der Waals surface area contributed by atoms with Crippen LogP contribution in [0.1, 0.15) is 0 Å². The van der Waals surface area contributed by atoms with E-state index in [0.717, 1.165) is 0 Å². The van der Waals surface area contributed by atoms with Crippen LogP contribution in [0.5, 0.6) is 0 Å². The van der Waals surface area contributed by atoms with Gasteiger partial charge in [0.1, 0.15) is 0 Å². The molecule has 0 heterocycles. The van der Waals surface area contributed by atoms with Crippen LogP contribution in [0.2, 0.25) is 0 Å². The summed E-state index contributed by atoms with van der Waals surface area (Å²) >= 11 is 13.3. The molecule has 0 aromatic rings. The summed E-state index contributed by atoms with van der Waals surface area (Å²) in [6.07, 6.45) is 7.02. The van der Waals surface area contributed by atoms with Crippen molar-refractivity contribution in [3.8, 4) is 0 Å². The molecule has 0 N–H and O–H groups in total. The van der Waals surface area contributed by atoms with Crippen molar-refractivity contribution < 1.29 is 4.79 Å². The molecule has 1 rings (SSSR count). The standard InChI is InChI=1S/C7H5Cl2IO/c8-6(11)7(9)4-2-1-3-5(7)10/h1-5H. The number of carbonyl (C=O) groups is 1. The smallest absolute Gasteiger partial charge is 0.247 e. The van der Waals surface area contributed by atoms with Gasteiger partial charge in [0.2, 0.25) is 5.24 Å². The van der Waals surface area contributed by atoms with E-state index in [-0.39, 0.29) is 3.92 Å². The summed E-state index contributed by atoms with van der Waals surface area (Å²) in [5.74, 6) is 0. The minimum atomic E-state index is -1.04. The van der Waals surface area contributed by atoms with Gasteiger partial charge < -0.3 is 0 Å². The third-order valence-corrected chi connectivity index (χ3v) is 4.14. The Morgan fingerprint density at radius 3 is 2.55 bits per heavy atom. The van der Waals surface area contributed by atoms with Gasteiger partial charge in [-0.2, -0.15) is 0 Å². The zero-order valence-corrected chi connectivity index (χ0v) is 9.10. The monoisotopic (exact) mass is 302 g/mol. The minimum absolute atomic E-state index is 0.0724. The van der Waals surface area contributed by atoms with E-state index in [9.17, 15) is 4.79 Å². The first-order valence-electron chi connectivity index (χ1n) is 2.96. The number of rotatable bonds is 1. The molecule has 1 aliphatic carbocycles. The Labute approximate surface area is 88.6 Å². The van der Waals surface area contributed by atoms with Crippen LogP contribution in [-0.2, 0) is 4.79 Å². The van der Waals surface area contributed by atoms with Crippen molar-refractivity contribution in [1.82, 2.24) is 0 Å². The van der Waals surface area contributed by atoms with Crippen molar-refractivity contribution in [2.24, 2.45) is 0 Å². The molecule has 4 heteroatoms. The van der Waals surface area contributed by atoms with Gasteiger partial charge in [0.15, 0.2) is 4.87 Å². The van der Waals surface area contributed by atoms with E-state index in [1.165, 1.54) is 0 Å². The fourth-order valence-electron chi connectivity index (χ4n) is 0.763. The molecule has 0 bridgehead atoms. The third kappa shape index (κ3) is 1.79. The molecule has 2 unspecified atom stereocenters. The van der Waals surface area contributed by atoms with Gasteiger partial charge in [0.05, 0.1) is 3.92 Å². The highest BCUT2D eigenvalue weighted by atomic mass is 127. The van der Waals surface area contributed by atoms with E-state index in [0.29, 0.717) is 0 Å². The van der Waals surface area contributed by atoms with Crippen LogP contribution in [0, 0.1) is 0 Å². The van der Waals surface area contributed by atoms with E-state index in [1.807, 2.05) is 12.2 Å². The van der Waals surface area contributed by atoms with Crippen molar-refractivity contribution in [3.05, 3.63) is 24.3 Å². The van der Waals surface area contributed by atoms with Crippen LogP contribution in [0.4, 0.5) is 0 Å². The van der Waals surface area contributed by atoms with Crippen molar-refractivity contribution in [3.63, 3.8) is 0 Å². The summed E-state index contributed by atoms with van der Waals surface area (Å²) in [5.41, 5.74) is 0. The normalized spacial score (nSPS) is 35.7. The van der Waals surface area contributed by atoms with Crippen LogP contribution in [0.3, 0.4) is 0 Å². The third-order valence-electron chi connectivity index (χ3n) is 1.43. The zero-order chi connectivity index (χ0) is 8.48. The maximum absolute atomic E-state index is 10.9. The van der Waals surface area contributed by atoms with Crippen molar-refractivity contribution in [2.45, 2.75) is 8.80 Å². The maximum Gasteiger partial charge on any atom is 0.247 e. The zero-order valence-electron chi connectivity index (χ0n) is 5.43. The predicted molar refractivity (Wildman–Crippen MR) is 55.5 cm³/mol. The lowest BCUT2D eigenvalue weighted by Gasteiger charge is -2.24. The second kappa shape index (κ2) is 3.46. The van der Waals surface area contributed by atoms with Crippen molar-refractivity contribution in [2.75, 3.05) is 0 Å². The van der Waals surface area contributed by atoms with Gasteiger partial charge in [0, 0.05) is 0 Å².